The van der Waals surface area contributed by atoms with Gasteiger partial charge >= 0.3 is 0 Å². The maximum absolute atomic E-state index is 12.6. The van der Waals surface area contributed by atoms with Gasteiger partial charge in [0.1, 0.15) is 11.6 Å². The average Bonchev–Trinajstić information content (AvgIpc) is 3.09. The Morgan fingerprint density at radius 2 is 1.96 bits per heavy atom. The van der Waals surface area contributed by atoms with Crippen molar-refractivity contribution < 1.29 is 4.79 Å². The Kier molecular flexibility index (Phi) is 5.16. The molecule has 0 aliphatic carbocycles. The number of nitrogens with zero attached hydrogens (tertiary/aromatic N) is 4. The van der Waals surface area contributed by atoms with Crippen LogP contribution < -0.4 is 5.32 Å². The highest BCUT2D eigenvalue weighted by Crippen LogP contribution is 2.28. The Bertz CT molecular complexity index is 814. The Hall–Kier alpha value is -1.63. The van der Waals surface area contributed by atoms with Crippen LogP contribution in [0.5, 0.6) is 0 Å². The first-order chi connectivity index (χ1) is 12.6. The molecule has 2 aromatic rings. The van der Waals surface area contributed by atoms with Crippen molar-refractivity contribution in [2.24, 2.45) is 0 Å². The molecule has 6 nitrogen and oxygen atoms in total. The minimum absolute atomic E-state index is 0.134. The standard InChI is InChI=1S/C18H21Cl2N5O/c19-14-2-1-12(9-15(14)20)10-17(26)24-6-3-13(4-7-24)18-23-22-16-11-21-5-8-25(16)18/h1-2,9,13,21H,3-8,10-11H2. The monoisotopic (exact) mass is 393 g/mol. The third kappa shape index (κ3) is 3.59. The highest BCUT2D eigenvalue weighted by molar-refractivity contribution is 6.42. The molecule has 2 aliphatic heterocycles. The zero-order valence-electron chi connectivity index (χ0n) is 14.4. The third-order valence-electron chi connectivity index (χ3n) is 5.20. The molecule has 1 aromatic carbocycles. The predicted molar refractivity (Wildman–Crippen MR) is 100 cm³/mol. The molecule has 0 spiro atoms. The maximum atomic E-state index is 12.6. The number of carbonyl (C=O) groups excluding carboxylic acids is 1. The van der Waals surface area contributed by atoms with E-state index >= 15 is 0 Å². The highest BCUT2D eigenvalue weighted by atomic mass is 35.5. The zero-order valence-corrected chi connectivity index (χ0v) is 15.9. The van der Waals surface area contributed by atoms with Gasteiger partial charge in [-0.25, -0.2) is 0 Å². The lowest BCUT2D eigenvalue weighted by molar-refractivity contribution is -0.131. The second-order valence-electron chi connectivity index (χ2n) is 6.88. The topological polar surface area (TPSA) is 63.1 Å². The Labute approximate surface area is 162 Å². The number of likely N-dealkylation sites (tertiary alicyclic amines) is 1. The molecule has 0 saturated carbocycles. The van der Waals surface area contributed by atoms with Crippen molar-refractivity contribution in [2.75, 3.05) is 19.6 Å². The Balaban J connectivity index is 1.36. The van der Waals surface area contributed by atoms with Crippen molar-refractivity contribution in [3.8, 4) is 0 Å². The van der Waals surface area contributed by atoms with Crippen LogP contribution in [0.4, 0.5) is 0 Å². The van der Waals surface area contributed by atoms with Crippen LogP contribution >= 0.6 is 23.2 Å². The fourth-order valence-corrected chi connectivity index (χ4v) is 4.06. The molecule has 138 valence electrons. The summed E-state index contributed by atoms with van der Waals surface area (Å²) in [5, 5.41) is 13.0. The second kappa shape index (κ2) is 7.55. The molecule has 2 aliphatic rings. The van der Waals surface area contributed by atoms with Crippen molar-refractivity contribution >= 4 is 29.1 Å². The number of amides is 1. The Morgan fingerprint density at radius 1 is 1.15 bits per heavy atom. The van der Waals surface area contributed by atoms with E-state index in [0.29, 0.717) is 22.4 Å². The number of piperidine rings is 1. The molecule has 1 fully saturated rings. The van der Waals surface area contributed by atoms with Crippen LogP contribution in [0.1, 0.15) is 36.0 Å². The van der Waals surface area contributed by atoms with Gasteiger partial charge in [-0.2, -0.15) is 0 Å². The fourth-order valence-electron chi connectivity index (χ4n) is 3.74. The van der Waals surface area contributed by atoms with E-state index in [4.69, 9.17) is 23.2 Å². The van der Waals surface area contributed by atoms with Gasteiger partial charge in [-0.05, 0) is 30.5 Å². The summed E-state index contributed by atoms with van der Waals surface area (Å²) in [4.78, 5) is 14.5. The van der Waals surface area contributed by atoms with E-state index in [1.165, 1.54) is 0 Å². The van der Waals surface area contributed by atoms with Crippen LogP contribution in [-0.4, -0.2) is 45.2 Å². The van der Waals surface area contributed by atoms with E-state index in [0.717, 1.165) is 62.8 Å². The van der Waals surface area contributed by atoms with Gasteiger partial charge in [0.25, 0.3) is 0 Å². The number of hydrogen-bond acceptors (Lipinski definition) is 4. The summed E-state index contributed by atoms with van der Waals surface area (Å²) in [6.45, 7) is 4.18. The van der Waals surface area contributed by atoms with Crippen molar-refractivity contribution in [3.63, 3.8) is 0 Å². The molecule has 0 bridgehead atoms. The number of aromatic nitrogens is 3. The summed E-state index contributed by atoms with van der Waals surface area (Å²) in [5.74, 6) is 2.61. The first-order valence-corrected chi connectivity index (χ1v) is 9.72. The summed E-state index contributed by atoms with van der Waals surface area (Å²) in [7, 11) is 0. The number of rotatable bonds is 3. The number of carbonyl (C=O) groups is 1. The van der Waals surface area contributed by atoms with Gasteiger partial charge in [0.15, 0.2) is 0 Å². The minimum Gasteiger partial charge on any atom is -0.342 e. The number of fused-ring (bicyclic) bond motifs is 1. The number of nitrogens with one attached hydrogen (secondary N) is 1. The van der Waals surface area contributed by atoms with Crippen LogP contribution in [-0.2, 0) is 24.3 Å². The number of hydrogen-bond donors (Lipinski definition) is 1. The lowest BCUT2D eigenvalue weighted by atomic mass is 9.95. The first-order valence-electron chi connectivity index (χ1n) is 8.96. The van der Waals surface area contributed by atoms with Crippen molar-refractivity contribution in [1.29, 1.82) is 0 Å². The maximum Gasteiger partial charge on any atom is 0.226 e. The van der Waals surface area contributed by atoms with E-state index in [-0.39, 0.29) is 5.91 Å². The molecule has 1 N–H and O–H groups in total. The van der Waals surface area contributed by atoms with E-state index in [2.05, 4.69) is 20.1 Å². The summed E-state index contributed by atoms with van der Waals surface area (Å²) in [5.41, 5.74) is 0.894. The molecular formula is C18H21Cl2N5O. The molecule has 0 radical (unpaired) electrons. The molecule has 0 unspecified atom stereocenters. The SMILES string of the molecule is O=C(Cc1ccc(Cl)c(Cl)c1)N1CCC(c2nnc3n2CCNC3)CC1. The highest BCUT2D eigenvalue weighted by Gasteiger charge is 2.28. The Morgan fingerprint density at radius 3 is 2.73 bits per heavy atom. The second-order valence-corrected chi connectivity index (χ2v) is 7.70. The lowest BCUT2D eigenvalue weighted by Gasteiger charge is -2.32. The van der Waals surface area contributed by atoms with Crippen molar-refractivity contribution in [2.45, 2.75) is 38.3 Å². The van der Waals surface area contributed by atoms with Gasteiger partial charge < -0.3 is 14.8 Å². The summed E-state index contributed by atoms with van der Waals surface area (Å²) in [6, 6.07) is 5.36. The predicted octanol–water partition coefficient (Wildman–Crippen LogP) is 2.64. The molecule has 1 amide bonds. The van der Waals surface area contributed by atoms with Crippen LogP contribution in [0.2, 0.25) is 10.0 Å². The third-order valence-corrected chi connectivity index (χ3v) is 5.94. The van der Waals surface area contributed by atoms with E-state index in [9.17, 15) is 4.79 Å². The number of benzene rings is 1. The lowest BCUT2D eigenvalue weighted by Crippen LogP contribution is -2.39. The largest absolute Gasteiger partial charge is 0.342 e. The van der Waals surface area contributed by atoms with Crippen LogP contribution in [0, 0.1) is 0 Å². The van der Waals surface area contributed by atoms with Crippen molar-refractivity contribution in [1.82, 2.24) is 25.0 Å². The van der Waals surface area contributed by atoms with Crippen LogP contribution in [0.3, 0.4) is 0 Å². The quantitative estimate of drug-likeness (QED) is 0.870. The van der Waals surface area contributed by atoms with E-state index in [1.807, 2.05) is 11.0 Å². The molecule has 1 saturated heterocycles. The van der Waals surface area contributed by atoms with Crippen LogP contribution in [0.25, 0.3) is 0 Å². The van der Waals surface area contributed by atoms with Gasteiger partial charge in [0, 0.05) is 32.1 Å². The molecule has 26 heavy (non-hydrogen) atoms. The van der Waals surface area contributed by atoms with Gasteiger partial charge in [0.2, 0.25) is 5.91 Å². The summed E-state index contributed by atoms with van der Waals surface area (Å²) >= 11 is 12.0. The van der Waals surface area contributed by atoms with Gasteiger partial charge in [-0.15, -0.1) is 10.2 Å². The molecular weight excluding hydrogens is 373 g/mol. The van der Waals surface area contributed by atoms with Crippen molar-refractivity contribution in [3.05, 3.63) is 45.5 Å². The summed E-state index contributed by atoms with van der Waals surface area (Å²) < 4.78 is 2.24. The molecule has 3 heterocycles. The van der Waals surface area contributed by atoms with Crippen LogP contribution in [0.15, 0.2) is 18.2 Å². The van der Waals surface area contributed by atoms with Gasteiger partial charge in [-0.1, -0.05) is 29.3 Å². The minimum atomic E-state index is 0.134. The fraction of sp³-hybridized carbons (Fsp3) is 0.500. The molecule has 4 rings (SSSR count). The first kappa shape index (κ1) is 17.8. The average molecular weight is 394 g/mol. The van der Waals surface area contributed by atoms with E-state index in [1.54, 1.807) is 12.1 Å². The molecule has 1 aromatic heterocycles. The molecule has 0 atom stereocenters. The summed E-state index contributed by atoms with van der Waals surface area (Å²) in [6.07, 6.45) is 2.21. The van der Waals surface area contributed by atoms with Gasteiger partial charge in [-0.3, -0.25) is 4.79 Å². The number of halogens is 2. The normalized spacial score (nSPS) is 18.0. The van der Waals surface area contributed by atoms with E-state index < -0.39 is 0 Å². The smallest absolute Gasteiger partial charge is 0.226 e. The molecule has 8 heteroatoms. The zero-order chi connectivity index (χ0) is 18.1. The van der Waals surface area contributed by atoms with Gasteiger partial charge in [0.05, 0.1) is 23.0 Å².